The third-order valence-corrected chi connectivity index (χ3v) is 4.49. The lowest BCUT2D eigenvalue weighted by atomic mass is 9.86. The zero-order valence-electron chi connectivity index (χ0n) is 17.0. The van der Waals surface area contributed by atoms with E-state index in [1.165, 1.54) is 5.56 Å². The lowest BCUT2D eigenvalue weighted by molar-refractivity contribution is 0.0125. The van der Waals surface area contributed by atoms with E-state index in [0.29, 0.717) is 13.1 Å². The second-order valence-electron chi connectivity index (χ2n) is 9.02. The summed E-state index contributed by atoms with van der Waals surface area (Å²) in [7, 11) is 0. The summed E-state index contributed by atoms with van der Waals surface area (Å²) in [4.78, 5) is 13.9. The smallest absolute Gasteiger partial charge is 0.410 e. The Morgan fingerprint density at radius 1 is 1.15 bits per heavy atom. The van der Waals surface area contributed by atoms with E-state index in [-0.39, 0.29) is 24.2 Å². The molecule has 0 aliphatic carbocycles. The monoisotopic (exact) mass is 363 g/mol. The minimum Gasteiger partial charge on any atom is -0.490 e. The van der Waals surface area contributed by atoms with Gasteiger partial charge < -0.3 is 19.5 Å². The van der Waals surface area contributed by atoms with Crippen LogP contribution in [0.5, 0.6) is 5.75 Å². The Morgan fingerprint density at radius 2 is 1.77 bits per heavy atom. The molecule has 1 aliphatic rings. The summed E-state index contributed by atoms with van der Waals surface area (Å²) >= 11 is 0. The van der Waals surface area contributed by atoms with Crippen LogP contribution in [0, 0.1) is 0 Å². The van der Waals surface area contributed by atoms with Gasteiger partial charge >= 0.3 is 6.09 Å². The predicted octanol–water partition coefficient (Wildman–Crippen LogP) is 4.25. The van der Waals surface area contributed by atoms with E-state index >= 15 is 0 Å². The number of ether oxygens (including phenoxy) is 2. The molecule has 2 rings (SSSR count). The Labute approximate surface area is 157 Å². The van der Waals surface area contributed by atoms with Crippen molar-refractivity contribution in [3.8, 4) is 5.75 Å². The van der Waals surface area contributed by atoms with Gasteiger partial charge in [-0.1, -0.05) is 32.9 Å². The summed E-state index contributed by atoms with van der Waals surface area (Å²) in [5, 5.41) is 9.62. The molecule has 0 saturated carbocycles. The largest absolute Gasteiger partial charge is 0.490 e. The number of hydrogen-bond acceptors (Lipinski definition) is 4. The van der Waals surface area contributed by atoms with Gasteiger partial charge in [0.1, 0.15) is 17.5 Å². The molecule has 0 radical (unpaired) electrons. The lowest BCUT2D eigenvalue weighted by Crippen LogP contribution is -2.44. The van der Waals surface area contributed by atoms with Crippen molar-refractivity contribution in [2.24, 2.45) is 0 Å². The van der Waals surface area contributed by atoms with Gasteiger partial charge in [-0.05, 0) is 37.8 Å². The fourth-order valence-corrected chi connectivity index (χ4v) is 2.92. The highest BCUT2D eigenvalue weighted by molar-refractivity contribution is 5.68. The molecule has 1 aromatic rings. The van der Waals surface area contributed by atoms with Crippen molar-refractivity contribution in [1.82, 2.24) is 4.90 Å². The average molecular weight is 363 g/mol. The maximum Gasteiger partial charge on any atom is 0.410 e. The van der Waals surface area contributed by atoms with Gasteiger partial charge in [0.25, 0.3) is 0 Å². The van der Waals surface area contributed by atoms with E-state index in [2.05, 4.69) is 20.8 Å². The molecule has 0 atom stereocenters. The first-order chi connectivity index (χ1) is 12.0. The summed E-state index contributed by atoms with van der Waals surface area (Å²) in [5.74, 6) is 0.746. The van der Waals surface area contributed by atoms with Gasteiger partial charge in [-0.2, -0.15) is 0 Å². The highest BCUT2D eigenvalue weighted by Gasteiger charge is 2.28. The number of carbonyl (C=O) groups excluding carboxylic acids is 1. The van der Waals surface area contributed by atoms with E-state index in [4.69, 9.17) is 9.47 Å². The zero-order chi connectivity index (χ0) is 19.5. The van der Waals surface area contributed by atoms with Crippen molar-refractivity contribution in [2.45, 2.75) is 78.1 Å². The first kappa shape index (κ1) is 20.6. The fraction of sp³-hybridized carbons (Fsp3) is 0.667. The minimum absolute atomic E-state index is 0.0200. The van der Waals surface area contributed by atoms with E-state index in [1.54, 1.807) is 4.90 Å². The van der Waals surface area contributed by atoms with Crippen LogP contribution in [0.15, 0.2) is 18.2 Å². The molecule has 1 amide bonds. The van der Waals surface area contributed by atoms with Gasteiger partial charge in [-0.3, -0.25) is 0 Å². The zero-order valence-corrected chi connectivity index (χ0v) is 17.0. The molecule has 1 aliphatic heterocycles. The van der Waals surface area contributed by atoms with Crippen LogP contribution >= 0.6 is 0 Å². The van der Waals surface area contributed by atoms with Gasteiger partial charge in [0.05, 0.1) is 6.61 Å². The van der Waals surface area contributed by atoms with Crippen LogP contribution in [0.4, 0.5) is 4.79 Å². The van der Waals surface area contributed by atoms with Gasteiger partial charge in [0.15, 0.2) is 0 Å². The highest BCUT2D eigenvalue weighted by Crippen LogP contribution is 2.30. The molecule has 1 N–H and O–H groups in total. The summed E-state index contributed by atoms with van der Waals surface area (Å²) < 4.78 is 11.6. The number of benzene rings is 1. The van der Waals surface area contributed by atoms with Crippen molar-refractivity contribution in [1.29, 1.82) is 0 Å². The second kappa shape index (κ2) is 7.87. The molecule has 0 unspecified atom stereocenters. The molecule has 0 aromatic heterocycles. The van der Waals surface area contributed by atoms with Gasteiger partial charge in [0, 0.05) is 31.5 Å². The summed E-state index contributed by atoms with van der Waals surface area (Å²) in [6, 6.07) is 6.01. The Balaban J connectivity index is 2.00. The second-order valence-corrected chi connectivity index (χ2v) is 9.02. The SMILES string of the molecule is CC(C)(C)OC(=O)N1CCC(Oc2cc(C(C)(C)C)ccc2CO)CC1. The Hall–Kier alpha value is -1.75. The van der Waals surface area contributed by atoms with Gasteiger partial charge in [-0.15, -0.1) is 0 Å². The molecule has 1 aromatic carbocycles. The number of piperidine rings is 1. The quantitative estimate of drug-likeness (QED) is 0.872. The molecular formula is C21H33NO4. The molecule has 26 heavy (non-hydrogen) atoms. The molecular weight excluding hydrogens is 330 g/mol. The fourth-order valence-electron chi connectivity index (χ4n) is 2.92. The van der Waals surface area contributed by atoms with Crippen molar-refractivity contribution in [2.75, 3.05) is 13.1 Å². The predicted molar refractivity (Wildman–Crippen MR) is 103 cm³/mol. The number of aliphatic hydroxyl groups excluding tert-OH is 1. The molecule has 5 nitrogen and oxygen atoms in total. The van der Waals surface area contributed by atoms with Gasteiger partial charge in [0.2, 0.25) is 0 Å². The van der Waals surface area contributed by atoms with E-state index in [9.17, 15) is 9.90 Å². The van der Waals surface area contributed by atoms with E-state index in [1.807, 2.05) is 39.0 Å². The van der Waals surface area contributed by atoms with Crippen molar-refractivity contribution in [3.05, 3.63) is 29.3 Å². The van der Waals surface area contributed by atoms with Crippen LogP contribution in [0.25, 0.3) is 0 Å². The number of amides is 1. The van der Waals surface area contributed by atoms with Crippen LogP contribution in [0.2, 0.25) is 0 Å². The third kappa shape index (κ3) is 5.63. The van der Waals surface area contributed by atoms with Crippen LogP contribution in [-0.4, -0.2) is 40.9 Å². The van der Waals surface area contributed by atoms with Gasteiger partial charge in [-0.25, -0.2) is 4.79 Å². The third-order valence-electron chi connectivity index (χ3n) is 4.49. The average Bonchev–Trinajstić information content (AvgIpc) is 2.53. The maximum atomic E-state index is 12.2. The van der Waals surface area contributed by atoms with Crippen LogP contribution in [0.3, 0.4) is 0 Å². The minimum atomic E-state index is -0.478. The first-order valence-corrected chi connectivity index (χ1v) is 9.38. The Morgan fingerprint density at radius 3 is 2.27 bits per heavy atom. The van der Waals surface area contributed by atoms with Crippen molar-refractivity contribution < 1.29 is 19.4 Å². The Bertz CT molecular complexity index is 620. The summed E-state index contributed by atoms with van der Waals surface area (Å²) in [6.07, 6.45) is 1.28. The van der Waals surface area contributed by atoms with E-state index in [0.717, 1.165) is 24.2 Å². The number of aliphatic hydroxyl groups is 1. The highest BCUT2D eigenvalue weighted by atomic mass is 16.6. The molecule has 1 fully saturated rings. The maximum absolute atomic E-state index is 12.2. The van der Waals surface area contributed by atoms with Crippen LogP contribution in [-0.2, 0) is 16.8 Å². The van der Waals surface area contributed by atoms with Crippen molar-refractivity contribution in [3.63, 3.8) is 0 Å². The molecule has 0 spiro atoms. The number of carbonyl (C=O) groups is 1. The molecule has 1 saturated heterocycles. The number of likely N-dealkylation sites (tertiary alicyclic amines) is 1. The van der Waals surface area contributed by atoms with Crippen LogP contribution in [0.1, 0.15) is 65.5 Å². The van der Waals surface area contributed by atoms with E-state index < -0.39 is 5.60 Å². The normalized spacial score (nSPS) is 16.5. The van der Waals surface area contributed by atoms with Crippen molar-refractivity contribution >= 4 is 6.09 Å². The van der Waals surface area contributed by atoms with Crippen LogP contribution < -0.4 is 4.74 Å². The summed E-state index contributed by atoms with van der Waals surface area (Å²) in [6.45, 7) is 13.3. The topological polar surface area (TPSA) is 59.0 Å². The first-order valence-electron chi connectivity index (χ1n) is 9.38. The molecule has 146 valence electrons. The lowest BCUT2D eigenvalue weighted by Gasteiger charge is -2.34. The standard InChI is InChI=1S/C21H33NO4/c1-20(2,3)16-8-7-15(14-23)18(13-16)25-17-9-11-22(12-10-17)19(24)26-21(4,5)6/h7-8,13,17,23H,9-12,14H2,1-6H3. The number of nitrogens with zero attached hydrogens (tertiary/aromatic N) is 1. The Kier molecular flexibility index (Phi) is 6.22. The molecule has 5 heteroatoms. The molecule has 0 bridgehead atoms. The number of rotatable bonds is 3. The summed E-state index contributed by atoms with van der Waals surface area (Å²) in [5.41, 5.74) is 1.52. The number of hydrogen-bond donors (Lipinski definition) is 1. The molecule has 1 heterocycles.